The predicted molar refractivity (Wildman–Crippen MR) is 45.1 cm³/mol. The first-order chi connectivity index (χ1) is 4.66. The Morgan fingerprint density at radius 1 is 1.60 bits per heavy atom. The minimum absolute atomic E-state index is 0.560. The van der Waals surface area contributed by atoms with E-state index in [9.17, 15) is 0 Å². The van der Waals surface area contributed by atoms with Gasteiger partial charge in [-0.25, -0.2) is 0 Å². The predicted octanol–water partition coefficient (Wildman–Crippen LogP) is 2.13. The SMILES string of the molecule is C/C=C\NC(=N)CC(C)C. The number of rotatable bonds is 3. The van der Waals surface area contributed by atoms with Gasteiger partial charge in [-0.05, 0) is 19.0 Å². The van der Waals surface area contributed by atoms with Crippen LogP contribution in [0.5, 0.6) is 0 Å². The summed E-state index contributed by atoms with van der Waals surface area (Å²) >= 11 is 0. The highest BCUT2D eigenvalue weighted by atomic mass is 14.9. The van der Waals surface area contributed by atoms with E-state index in [4.69, 9.17) is 5.41 Å². The van der Waals surface area contributed by atoms with Crippen molar-refractivity contribution < 1.29 is 0 Å². The second kappa shape index (κ2) is 5.03. The lowest BCUT2D eigenvalue weighted by atomic mass is 10.1. The van der Waals surface area contributed by atoms with Gasteiger partial charge in [0.15, 0.2) is 0 Å². The second-order valence-corrected chi connectivity index (χ2v) is 2.72. The highest BCUT2D eigenvalue weighted by Crippen LogP contribution is 1.97. The van der Waals surface area contributed by atoms with Crippen molar-refractivity contribution >= 4 is 5.84 Å². The monoisotopic (exact) mass is 140 g/mol. The van der Waals surface area contributed by atoms with Crippen molar-refractivity contribution in [2.24, 2.45) is 5.92 Å². The van der Waals surface area contributed by atoms with Crippen LogP contribution in [0.25, 0.3) is 0 Å². The maximum Gasteiger partial charge on any atom is 0.0973 e. The highest BCUT2D eigenvalue weighted by Gasteiger charge is 1.96. The first-order valence-electron chi connectivity index (χ1n) is 3.62. The van der Waals surface area contributed by atoms with Gasteiger partial charge >= 0.3 is 0 Å². The number of hydrogen-bond donors (Lipinski definition) is 2. The van der Waals surface area contributed by atoms with Crippen LogP contribution in [0.15, 0.2) is 12.3 Å². The molecule has 0 aliphatic carbocycles. The van der Waals surface area contributed by atoms with E-state index in [0.717, 1.165) is 6.42 Å². The van der Waals surface area contributed by atoms with Crippen LogP contribution in [-0.2, 0) is 0 Å². The summed E-state index contributed by atoms with van der Waals surface area (Å²) < 4.78 is 0. The molecular formula is C8H16N2. The van der Waals surface area contributed by atoms with Crippen molar-refractivity contribution in [3.8, 4) is 0 Å². The molecule has 0 aromatic heterocycles. The van der Waals surface area contributed by atoms with Crippen LogP contribution in [0.2, 0.25) is 0 Å². The van der Waals surface area contributed by atoms with E-state index in [1.54, 1.807) is 6.20 Å². The third-order valence-electron chi connectivity index (χ3n) is 1.04. The summed E-state index contributed by atoms with van der Waals surface area (Å²) in [5, 5.41) is 10.2. The number of amidine groups is 1. The van der Waals surface area contributed by atoms with Gasteiger partial charge in [0.2, 0.25) is 0 Å². The third-order valence-corrected chi connectivity index (χ3v) is 1.04. The van der Waals surface area contributed by atoms with Crippen molar-refractivity contribution in [2.45, 2.75) is 27.2 Å². The molecule has 0 aliphatic rings. The molecule has 0 radical (unpaired) electrons. The smallest absolute Gasteiger partial charge is 0.0973 e. The molecule has 0 bridgehead atoms. The number of nitrogens with one attached hydrogen (secondary N) is 2. The Kier molecular flexibility index (Phi) is 4.63. The standard InChI is InChI=1S/C8H16N2/c1-4-5-10-8(9)6-7(2)3/h4-5,7H,6H2,1-3H3,(H2,9,10)/b5-4-. The summed E-state index contributed by atoms with van der Waals surface area (Å²) in [4.78, 5) is 0. The van der Waals surface area contributed by atoms with Crippen molar-refractivity contribution in [3.05, 3.63) is 12.3 Å². The quantitative estimate of drug-likeness (QED) is 0.457. The zero-order chi connectivity index (χ0) is 7.98. The topological polar surface area (TPSA) is 35.9 Å². The van der Waals surface area contributed by atoms with Gasteiger partial charge in [0.05, 0.1) is 5.84 Å². The molecule has 0 fully saturated rings. The molecular weight excluding hydrogens is 124 g/mol. The molecule has 58 valence electrons. The molecule has 0 aromatic rings. The van der Waals surface area contributed by atoms with Gasteiger partial charge in [-0.15, -0.1) is 0 Å². The van der Waals surface area contributed by atoms with Crippen LogP contribution in [0.3, 0.4) is 0 Å². The van der Waals surface area contributed by atoms with Gasteiger partial charge in [-0.1, -0.05) is 19.9 Å². The van der Waals surface area contributed by atoms with Crippen molar-refractivity contribution in [1.82, 2.24) is 5.32 Å². The van der Waals surface area contributed by atoms with Gasteiger partial charge in [-0.2, -0.15) is 0 Å². The highest BCUT2D eigenvalue weighted by molar-refractivity contribution is 5.79. The largest absolute Gasteiger partial charge is 0.351 e. The Morgan fingerprint density at radius 2 is 2.20 bits per heavy atom. The molecule has 0 rings (SSSR count). The summed E-state index contributed by atoms with van der Waals surface area (Å²) in [5.74, 6) is 1.15. The first kappa shape index (κ1) is 9.21. The molecule has 0 aromatic carbocycles. The lowest BCUT2D eigenvalue weighted by Gasteiger charge is -2.04. The Morgan fingerprint density at radius 3 is 2.60 bits per heavy atom. The normalized spacial score (nSPS) is 10.8. The number of hydrogen-bond acceptors (Lipinski definition) is 1. The molecule has 0 aliphatic heterocycles. The summed E-state index contributed by atoms with van der Waals surface area (Å²) in [6, 6.07) is 0. The van der Waals surface area contributed by atoms with Crippen LogP contribution in [0, 0.1) is 11.3 Å². The van der Waals surface area contributed by atoms with E-state index in [2.05, 4.69) is 19.2 Å². The van der Waals surface area contributed by atoms with Gasteiger partial charge in [-0.3, -0.25) is 5.41 Å². The second-order valence-electron chi connectivity index (χ2n) is 2.72. The van der Waals surface area contributed by atoms with Gasteiger partial charge in [0.1, 0.15) is 0 Å². The molecule has 0 amide bonds. The average Bonchev–Trinajstić information content (AvgIpc) is 1.82. The molecule has 0 heterocycles. The Labute approximate surface area is 62.8 Å². The van der Waals surface area contributed by atoms with E-state index < -0.39 is 0 Å². The average molecular weight is 140 g/mol. The van der Waals surface area contributed by atoms with Crippen molar-refractivity contribution in [1.29, 1.82) is 5.41 Å². The van der Waals surface area contributed by atoms with E-state index in [-0.39, 0.29) is 0 Å². The zero-order valence-electron chi connectivity index (χ0n) is 6.94. The third kappa shape index (κ3) is 5.35. The van der Waals surface area contributed by atoms with E-state index in [1.165, 1.54) is 0 Å². The molecule has 0 saturated carbocycles. The lowest BCUT2D eigenvalue weighted by Crippen LogP contribution is -2.17. The fraction of sp³-hybridized carbons (Fsp3) is 0.625. The van der Waals surface area contributed by atoms with Crippen LogP contribution >= 0.6 is 0 Å². The maximum atomic E-state index is 7.36. The Hall–Kier alpha value is -0.790. The van der Waals surface area contributed by atoms with E-state index in [0.29, 0.717) is 11.8 Å². The minimum Gasteiger partial charge on any atom is -0.351 e. The minimum atomic E-state index is 0.560. The maximum absolute atomic E-state index is 7.36. The Balaban J connectivity index is 3.44. The van der Waals surface area contributed by atoms with Crippen LogP contribution in [0.4, 0.5) is 0 Å². The van der Waals surface area contributed by atoms with Crippen LogP contribution < -0.4 is 5.32 Å². The number of allylic oxidation sites excluding steroid dienone is 1. The molecule has 2 nitrogen and oxygen atoms in total. The van der Waals surface area contributed by atoms with E-state index in [1.807, 2.05) is 13.0 Å². The molecule has 2 N–H and O–H groups in total. The van der Waals surface area contributed by atoms with Gasteiger partial charge in [0.25, 0.3) is 0 Å². The molecule has 0 spiro atoms. The molecule has 0 saturated heterocycles. The zero-order valence-corrected chi connectivity index (χ0v) is 6.94. The fourth-order valence-corrected chi connectivity index (χ4v) is 0.651. The Bertz CT molecular complexity index is 125. The fourth-order valence-electron chi connectivity index (χ4n) is 0.651. The van der Waals surface area contributed by atoms with E-state index >= 15 is 0 Å². The van der Waals surface area contributed by atoms with Gasteiger partial charge < -0.3 is 5.32 Å². The molecule has 2 heteroatoms. The van der Waals surface area contributed by atoms with Crippen molar-refractivity contribution in [2.75, 3.05) is 0 Å². The summed E-state index contributed by atoms with van der Waals surface area (Å²) in [5.41, 5.74) is 0. The summed E-state index contributed by atoms with van der Waals surface area (Å²) in [7, 11) is 0. The van der Waals surface area contributed by atoms with Crippen molar-refractivity contribution in [3.63, 3.8) is 0 Å². The van der Waals surface area contributed by atoms with Gasteiger partial charge in [0, 0.05) is 6.42 Å². The molecule has 0 unspecified atom stereocenters. The summed E-state index contributed by atoms with van der Waals surface area (Å²) in [6.45, 7) is 6.13. The lowest BCUT2D eigenvalue weighted by molar-refractivity contribution is 0.673. The van der Waals surface area contributed by atoms with Crippen LogP contribution in [0.1, 0.15) is 27.2 Å². The molecule has 10 heavy (non-hydrogen) atoms. The first-order valence-corrected chi connectivity index (χ1v) is 3.62. The molecule has 0 atom stereocenters. The van der Waals surface area contributed by atoms with Crippen LogP contribution in [-0.4, -0.2) is 5.84 Å². The summed E-state index contributed by atoms with van der Waals surface area (Å²) in [6.07, 6.45) is 4.49.